The van der Waals surface area contributed by atoms with Crippen LogP contribution in [0.25, 0.3) is 0 Å². The van der Waals surface area contributed by atoms with Gasteiger partial charge in [0.2, 0.25) is 5.91 Å². The number of carbonyl (C=O) groups is 3. The van der Waals surface area contributed by atoms with E-state index in [9.17, 15) is 14.4 Å². The van der Waals surface area contributed by atoms with E-state index in [-0.39, 0.29) is 22.1 Å². The normalized spacial score (nSPS) is 11.6. The van der Waals surface area contributed by atoms with E-state index in [2.05, 4.69) is 10.1 Å². The molecular weight excluding hydrogens is 350 g/mol. The summed E-state index contributed by atoms with van der Waals surface area (Å²) in [6.45, 7) is 1.77. The van der Waals surface area contributed by atoms with Crippen LogP contribution in [-0.4, -0.2) is 24.8 Å². The fraction of sp³-hybridized carbons (Fsp3) is 0.235. The summed E-state index contributed by atoms with van der Waals surface area (Å²) in [6.07, 6.45) is 0.358. The second-order valence-corrected chi connectivity index (χ2v) is 6.33. The van der Waals surface area contributed by atoms with Crippen LogP contribution in [-0.2, 0) is 9.53 Å². The molecule has 0 radical (unpaired) electrons. The van der Waals surface area contributed by atoms with Gasteiger partial charge in [-0.2, -0.15) is 0 Å². The van der Waals surface area contributed by atoms with Crippen molar-refractivity contribution < 1.29 is 19.1 Å². The standard InChI is InChI=1S/C17H16ClNO4S/c1-3-11(15(20)14-5-4-8-24-14)16(21)19-13-9-10(17(22)23-2)6-7-12(13)18/h4-9,11H,3H2,1-2H3,(H,19,21). The van der Waals surface area contributed by atoms with E-state index in [1.54, 1.807) is 24.4 Å². The Bertz CT molecular complexity index is 758. The van der Waals surface area contributed by atoms with Gasteiger partial charge in [0, 0.05) is 0 Å². The highest BCUT2D eigenvalue weighted by Gasteiger charge is 2.27. The van der Waals surface area contributed by atoms with Crippen molar-refractivity contribution in [2.75, 3.05) is 12.4 Å². The monoisotopic (exact) mass is 365 g/mol. The minimum Gasteiger partial charge on any atom is -0.465 e. The van der Waals surface area contributed by atoms with Crippen LogP contribution in [0.2, 0.25) is 5.02 Å². The molecule has 0 spiro atoms. The molecule has 7 heteroatoms. The number of amides is 1. The number of halogens is 1. The Morgan fingerprint density at radius 2 is 2.04 bits per heavy atom. The molecule has 2 rings (SSSR count). The van der Waals surface area contributed by atoms with Gasteiger partial charge in [0.05, 0.1) is 28.3 Å². The lowest BCUT2D eigenvalue weighted by Crippen LogP contribution is -2.29. The number of esters is 1. The Morgan fingerprint density at radius 3 is 2.62 bits per heavy atom. The van der Waals surface area contributed by atoms with Crippen molar-refractivity contribution in [2.24, 2.45) is 5.92 Å². The van der Waals surface area contributed by atoms with E-state index in [1.165, 1.54) is 36.6 Å². The fourth-order valence-corrected chi connectivity index (χ4v) is 3.05. The first kappa shape index (κ1) is 18.2. The van der Waals surface area contributed by atoms with Gasteiger partial charge in [0.25, 0.3) is 0 Å². The third-order valence-electron chi connectivity index (χ3n) is 3.45. The molecule has 1 unspecified atom stereocenters. The molecule has 126 valence electrons. The molecule has 1 heterocycles. The average molecular weight is 366 g/mol. The molecule has 1 amide bonds. The molecule has 0 aliphatic rings. The number of methoxy groups -OCH3 is 1. The predicted molar refractivity (Wildman–Crippen MR) is 93.9 cm³/mol. The van der Waals surface area contributed by atoms with Crippen LogP contribution < -0.4 is 5.32 Å². The lowest BCUT2D eigenvalue weighted by atomic mass is 9.98. The number of rotatable bonds is 6. The summed E-state index contributed by atoms with van der Waals surface area (Å²) in [5, 5.41) is 4.69. The number of nitrogens with one attached hydrogen (secondary N) is 1. The summed E-state index contributed by atoms with van der Waals surface area (Å²) in [4.78, 5) is 37.0. The second-order valence-electron chi connectivity index (χ2n) is 4.98. The van der Waals surface area contributed by atoms with Crippen molar-refractivity contribution in [3.8, 4) is 0 Å². The van der Waals surface area contributed by atoms with Crippen molar-refractivity contribution in [3.63, 3.8) is 0 Å². The molecule has 1 N–H and O–H groups in total. The number of carbonyl (C=O) groups excluding carboxylic acids is 3. The van der Waals surface area contributed by atoms with Crippen molar-refractivity contribution in [1.82, 2.24) is 0 Å². The van der Waals surface area contributed by atoms with Gasteiger partial charge in [-0.05, 0) is 36.1 Å². The van der Waals surface area contributed by atoms with Gasteiger partial charge in [0.1, 0.15) is 5.92 Å². The van der Waals surface area contributed by atoms with Crippen molar-refractivity contribution in [1.29, 1.82) is 0 Å². The van der Waals surface area contributed by atoms with Crippen LogP contribution in [0.1, 0.15) is 33.4 Å². The maximum Gasteiger partial charge on any atom is 0.337 e. The zero-order valence-electron chi connectivity index (χ0n) is 13.2. The topological polar surface area (TPSA) is 72.5 Å². The largest absolute Gasteiger partial charge is 0.465 e. The highest BCUT2D eigenvalue weighted by atomic mass is 35.5. The van der Waals surface area contributed by atoms with E-state index in [0.717, 1.165) is 0 Å². The van der Waals surface area contributed by atoms with E-state index >= 15 is 0 Å². The van der Waals surface area contributed by atoms with Crippen LogP contribution >= 0.6 is 22.9 Å². The third-order valence-corrected chi connectivity index (χ3v) is 4.66. The molecule has 0 bridgehead atoms. The van der Waals surface area contributed by atoms with Crippen LogP contribution in [0.3, 0.4) is 0 Å². The maximum atomic E-state index is 12.5. The Hall–Kier alpha value is -2.18. The van der Waals surface area contributed by atoms with Gasteiger partial charge in [-0.25, -0.2) is 4.79 Å². The summed E-state index contributed by atoms with van der Waals surface area (Å²) in [5.41, 5.74) is 0.525. The summed E-state index contributed by atoms with van der Waals surface area (Å²) in [7, 11) is 1.27. The summed E-state index contributed by atoms with van der Waals surface area (Å²) in [5.74, 6) is -2.05. The minimum atomic E-state index is -0.818. The molecular formula is C17H16ClNO4S. The Labute approximate surface area is 148 Å². The SMILES string of the molecule is CCC(C(=O)Nc1cc(C(=O)OC)ccc1Cl)C(=O)c1cccs1. The smallest absolute Gasteiger partial charge is 0.337 e. The number of benzene rings is 1. The van der Waals surface area contributed by atoms with E-state index in [0.29, 0.717) is 11.3 Å². The Kier molecular flexibility index (Phi) is 6.11. The van der Waals surface area contributed by atoms with Crippen molar-refractivity contribution >= 4 is 46.3 Å². The van der Waals surface area contributed by atoms with E-state index in [4.69, 9.17) is 11.6 Å². The molecule has 0 aliphatic carbocycles. The summed E-state index contributed by atoms with van der Waals surface area (Å²) >= 11 is 7.36. The van der Waals surface area contributed by atoms with Crippen molar-refractivity contribution in [3.05, 3.63) is 51.2 Å². The molecule has 1 aromatic heterocycles. The maximum absolute atomic E-state index is 12.5. The molecule has 24 heavy (non-hydrogen) atoms. The van der Waals surface area contributed by atoms with Gasteiger partial charge in [-0.15, -0.1) is 11.3 Å². The zero-order chi connectivity index (χ0) is 17.7. The number of hydrogen-bond donors (Lipinski definition) is 1. The van der Waals surface area contributed by atoms with Crippen LogP contribution in [0, 0.1) is 5.92 Å². The van der Waals surface area contributed by atoms with Gasteiger partial charge in [-0.3, -0.25) is 9.59 Å². The number of Topliss-reactive ketones (excluding diaryl/α,β-unsaturated/α-hetero) is 1. The minimum absolute atomic E-state index is 0.231. The van der Waals surface area contributed by atoms with Gasteiger partial charge in [-0.1, -0.05) is 24.6 Å². The highest BCUT2D eigenvalue weighted by Crippen LogP contribution is 2.25. The van der Waals surface area contributed by atoms with Gasteiger partial charge < -0.3 is 10.1 Å². The molecule has 2 aromatic rings. The molecule has 1 atom stereocenters. The molecule has 5 nitrogen and oxygen atoms in total. The quantitative estimate of drug-likeness (QED) is 0.476. The highest BCUT2D eigenvalue weighted by molar-refractivity contribution is 7.12. The second kappa shape index (κ2) is 8.08. The lowest BCUT2D eigenvalue weighted by molar-refractivity contribution is -0.118. The first-order valence-corrected chi connectivity index (χ1v) is 8.50. The molecule has 0 aliphatic heterocycles. The lowest BCUT2D eigenvalue weighted by Gasteiger charge is -2.14. The Morgan fingerprint density at radius 1 is 1.29 bits per heavy atom. The number of ether oxygens (including phenoxy) is 1. The fourth-order valence-electron chi connectivity index (χ4n) is 2.17. The molecule has 0 saturated heterocycles. The predicted octanol–water partition coefficient (Wildman–Crippen LogP) is 4.04. The number of hydrogen-bond acceptors (Lipinski definition) is 5. The molecule has 1 aromatic carbocycles. The molecule has 0 fully saturated rings. The van der Waals surface area contributed by atoms with Crippen LogP contribution in [0.4, 0.5) is 5.69 Å². The first-order chi connectivity index (χ1) is 11.5. The van der Waals surface area contributed by atoms with Gasteiger partial charge >= 0.3 is 5.97 Å². The number of anilines is 1. The summed E-state index contributed by atoms with van der Waals surface area (Å²) in [6, 6.07) is 7.87. The van der Waals surface area contributed by atoms with Crippen LogP contribution in [0.5, 0.6) is 0 Å². The Balaban J connectivity index is 2.21. The van der Waals surface area contributed by atoms with E-state index in [1.807, 2.05) is 0 Å². The number of ketones is 1. The molecule has 0 saturated carbocycles. The van der Waals surface area contributed by atoms with Crippen molar-refractivity contribution in [2.45, 2.75) is 13.3 Å². The van der Waals surface area contributed by atoms with Gasteiger partial charge in [0.15, 0.2) is 5.78 Å². The third kappa shape index (κ3) is 4.01. The zero-order valence-corrected chi connectivity index (χ0v) is 14.7. The van der Waals surface area contributed by atoms with E-state index < -0.39 is 17.8 Å². The van der Waals surface area contributed by atoms with Crippen LogP contribution in [0.15, 0.2) is 35.7 Å². The number of thiophene rings is 1. The average Bonchev–Trinajstić information content (AvgIpc) is 3.11. The first-order valence-electron chi connectivity index (χ1n) is 7.24. The summed E-state index contributed by atoms with van der Waals surface area (Å²) < 4.78 is 4.64.